The van der Waals surface area contributed by atoms with Crippen molar-refractivity contribution >= 4 is 16.6 Å². The number of para-hydroxylation sites is 1. The van der Waals surface area contributed by atoms with Gasteiger partial charge in [0.25, 0.3) is 0 Å². The fourth-order valence-electron chi connectivity index (χ4n) is 2.43. The van der Waals surface area contributed by atoms with Crippen LogP contribution in [0.3, 0.4) is 0 Å². The summed E-state index contributed by atoms with van der Waals surface area (Å²) in [7, 11) is 0. The van der Waals surface area contributed by atoms with Gasteiger partial charge >= 0.3 is 0 Å². The highest BCUT2D eigenvalue weighted by molar-refractivity contribution is 5.90. The third-order valence-corrected chi connectivity index (χ3v) is 3.54. The van der Waals surface area contributed by atoms with E-state index in [1.54, 1.807) is 12.1 Å². The number of aromatic hydroxyl groups is 1. The van der Waals surface area contributed by atoms with Crippen molar-refractivity contribution in [1.29, 1.82) is 0 Å². The third-order valence-electron chi connectivity index (χ3n) is 3.54. The average molecular weight is 278 g/mol. The molecule has 106 valence electrons. The molecule has 3 nitrogen and oxygen atoms in total. The molecule has 0 aliphatic rings. The van der Waals surface area contributed by atoms with Crippen molar-refractivity contribution in [2.75, 3.05) is 11.9 Å². The Bertz CT molecular complexity index is 717. The number of aryl methyl sites for hydroxylation is 1. The molecule has 0 fully saturated rings. The maximum absolute atomic E-state index is 9.26. The zero-order chi connectivity index (χ0) is 14.5. The molecule has 3 heteroatoms. The zero-order valence-corrected chi connectivity index (χ0v) is 11.8. The summed E-state index contributed by atoms with van der Waals surface area (Å²) in [6, 6.07) is 17.6. The lowest BCUT2D eigenvalue weighted by Gasteiger charge is -2.09. The van der Waals surface area contributed by atoms with E-state index in [4.69, 9.17) is 0 Å². The Morgan fingerprint density at radius 1 is 0.952 bits per heavy atom. The van der Waals surface area contributed by atoms with Gasteiger partial charge in [-0.05, 0) is 42.7 Å². The number of pyridine rings is 1. The minimum Gasteiger partial charge on any atom is -0.508 e. The van der Waals surface area contributed by atoms with Crippen LogP contribution in [0, 0.1) is 0 Å². The van der Waals surface area contributed by atoms with Crippen molar-refractivity contribution in [2.45, 2.75) is 12.8 Å². The fraction of sp³-hybridized carbons (Fsp3) is 0.167. The summed E-state index contributed by atoms with van der Waals surface area (Å²) >= 11 is 0. The molecule has 0 aliphatic carbocycles. The van der Waals surface area contributed by atoms with Gasteiger partial charge in [-0.25, -0.2) is 0 Å². The number of aromatic nitrogens is 1. The monoisotopic (exact) mass is 278 g/mol. The van der Waals surface area contributed by atoms with E-state index >= 15 is 0 Å². The lowest BCUT2D eigenvalue weighted by molar-refractivity contribution is 0.475. The zero-order valence-electron chi connectivity index (χ0n) is 11.8. The van der Waals surface area contributed by atoms with Crippen LogP contribution < -0.4 is 5.32 Å². The maximum atomic E-state index is 9.26. The van der Waals surface area contributed by atoms with Gasteiger partial charge in [-0.2, -0.15) is 0 Å². The number of nitrogens with one attached hydrogen (secondary N) is 1. The van der Waals surface area contributed by atoms with Gasteiger partial charge in [0.15, 0.2) is 0 Å². The lowest BCUT2D eigenvalue weighted by Crippen LogP contribution is -2.03. The van der Waals surface area contributed by atoms with Gasteiger partial charge in [0.1, 0.15) is 5.75 Å². The van der Waals surface area contributed by atoms with Crippen molar-refractivity contribution in [2.24, 2.45) is 0 Å². The summed E-state index contributed by atoms with van der Waals surface area (Å²) in [5.41, 5.74) is 3.39. The highest BCUT2D eigenvalue weighted by Crippen LogP contribution is 2.21. The first-order valence-electron chi connectivity index (χ1n) is 7.18. The van der Waals surface area contributed by atoms with E-state index in [9.17, 15) is 5.11 Å². The Kier molecular flexibility index (Phi) is 4.01. The molecular weight excluding hydrogens is 260 g/mol. The molecule has 3 rings (SSSR count). The molecule has 0 aliphatic heterocycles. The van der Waals surface area contributed by atoms with Crippen LogP contribution in [-0.2, 0) is 6.42 Å². The van der Waals surface area contributed by atoms with E-state index in [2.05, 4.69) is 16.4 Å². The van der Waals surface area contributed by atoms with Gasteiger partial charge in [0.05, 0.1) is 5.52 Å². The van der Waals surface area contributed by atoms with Crippen LogP contribution in [0.25, 0.3) is 10.9 Å². The van der Waals surface area contributed by atoms with Crippen LogP contribution in [0.2, 0.25) is 0 Å². The first-order valence-corrected chi connectivity index (χ1v) is 7.18. The van der Waals surface area contributed by atoms with E-state index in [1.807, 2.05) is 42.6 Å². The molecule has 0 atom stereocenters. The van der Waals surface area contributed by atoms with Crippen LogP contribution in [0.1, 0.15) is 12.0 Å². The summed E-state index contributed by atoms with van der Waals surface area (Å²) in [4.78, 5) is 4.36. The minimum absolute atomic E-state index is 0.320. The molecule has 0 saturated heterocycles. The SMILES string of the molecule is Oc1ccc(CCCNc2ccnc3ccccc23)cc1. The predicted octanol–water partition coefficient (Wildman–Crippen LogP) is 3.99. The Balaban J connectivity index is 1.58. The average Bonchev–Trinajstić information content (AvgIpc) is 2.53. The molecule has 0 radical (unpaired) electrons. The quantitative estimate of drug-likeness (QED) is 0.694. The Labute approximate surface area is 124 Å². The number of hydrogen-bond acceptors (Lipinski definition) is 3. The molecule has 0 unspecified atom stereocenters. The lowest BCUT2D eigenvalue weighted by atomic mass is 10.1. The molecule has 0 amide bonds. The molecular formula is C18H18N2O. The van der Waals surface area contributed by atoms with Crippen LogP contribution >= 0.6 is 0 Å². The van der Waals surface area contributed by atoms with Crippen LogP contribution in [-0.4, -0.2) is 16.6 Å². The van der Waals surface area contributed by atoms with Crippen LogP contribution in [0.15, 0.2) is 60.8 Å². The number of phenolic OH excluding ortho intramolecular Hbond substituents is 1. The van der Waals surface area contributed by atoms with E-state index < -0.39 is 0 Å². The van der Waals surface area contributed by atoms with Gasteiger partial charge in [-0.3, -0.25) is 4.98 Å². The van der Waals surface area contributed by atoms with Crippen molar-refractivity contribution < 1.29 is 5.11 Å². The minimum atomic E-state index is 0.320. The molecule has 2 aromatic carbocycles. The van der Waals surface area contributed by atoms with Gasteiger partial charge < -0.3 is 10.4 Å². The predicted molar refractivity (Wildman–Crippen MR) is 86.7 cm³/mol. The second kappa shape index (κ2) is 6.27. The summed E-state index contributed by atoms with van der Waals surface area (Å²) in [6.07, 6.45) is 3.88. The second-order valence-corrected chi connectivity index (χ2v) is 5.07. The van der Waals surface area contributed by atoms with Gasteiger partial charge in [-0.1, -0.05) is 30.3 Å². The molecule has 0 spiro atoms. The fourth-order valence-corrected chi connectivity index (χ4v) is 2.43. The summed E-state index contributed by atoms with van der Waals surface area (Å²) in [6.45, 7) is 0.912. The van der Waals surface area contributed by atoms with E-state index in [0.717, 1.165) is 36.0 Å². The largest absolute Gasteiger partial charge is 0.508 e. The molecule has 0 bridgehead atoms. The standard InChI is InChI=1S/C18H18N2O/c21-15-9-7-14(8-10-15)4-3-12-19-18-11-13-20-17-6-2-1-5-16(17)18/h1-2,5-11,13,21H,3-4,12H2,(H,19,20). The highest BCUT2D eigenvalue weighted by atomic mass is 16.3. The van der Waals surface area contributed by atoms with Gasteiger partial charge in [0, 0.05) is 23.8 Å². The number of fused-ring (bicyclic) bond motifs is 1. The Morgan fingerprint density at radius 3 is 2.62 bits per heavy atom. The van der Waals surface area contributed by atoms with Crippen molar-refractivity contribution in [3.8, 4) is 5.75 Å². The smallest absolute Gasteiger partial charge is 0.115 e. The van der Waals surface area contributed by atoms with Crippen molar-refractivity contribution in [3.05, 3.63) is 66.4 Å². The molecule has 3 aromatic rings. The molecule has 1 aromatic heterocycles. The second-order valence-electron chi connectivity index (χ2n) is 5.07. The van der Waals surface area contributed by atoms with Crippen molar-refractivity contribution in [1.82, 2.24) is 4.98 Å². The third kappa shape index (κ3) is 3.31. The molecule has 0 saturated carbocycles. The molecule has 1 heterocycles. The van der Waals surface area contributed by atoms with E-state index in [-0.39, 0.29) is 0 Å². The van der Waals surface area contributed by atoms with E-state index in [0.29, 0.717) is 5.75 Å². The number of anilines is 1. The summed E-state index contributed by atoms with van der Waals surface area (Å²) < 4.78 is 0. The van der Waals surface area contributed by atoms with Crippen LogP contribution in [0.5, 0.6) is 5.75 Å². The van der Waals surface area contributed by atoms with Crippen LogP contribution in [0.4, 0.5) is 5.69 Å². The number of nitrogens with zero attached hydrogens (tertiary/aromatic N) is 1. The Morgan fingerprint density at radius 2 is 1.76 bits per heavy atom. The maximum Gasteiger partial charge on any atom is 0.115 e. The van der Waals surface area contributed by atoms with Gasteiger partial charge in [0.2, 0.25) is 0 Å². The topological polar surface area (TPSA) is 45.1 Å². The van der Waals surface area contributed by atoms with E-state index in [1.165, 1.54) is 5.56 Å². The summed E-state index contributed by atoms with van der Waals surface area (Å²) in [5.74, 6) is 0.320. The van der Waals surface area contributed by atoms with Gasteiger partial charge in [-0.15, -0.1) is 0 Å². The molecule has 2 N–H and O–H groups in total. The first-order chi connectivity index (χ1) is 10.3. The normalized spacial score (nSPS) is 10.7. The highest BCUT2D eigenvalue weighted by Gasteiger charge is 2.00. The first kappa shape index (κ1) is 13.4. The number of benzene rings is 2. The number of rotatable bonds is 5. The summed E-state index contributed by atoms with van der Waals surface area (Å²) in [5, 5.41) is 13.9. The Hall–Kier alpha value is -2.55. The number of hydrogen-bond donors (Lipinski definition) is 2. The van der Waals surface area contributed by atoms with Crippen molar-refractivity contribution in [3.63, 3.8) is 0 Å². The molecule has 21 heavy (non-hydrogen) atoms. The number of phenols is 1.